The lowest BCUT2D eigenvalue weighted by Crippen LogP contribution is -2.44. The number of nitrogens with zero attached hydrogens (tertiary/aromatic N) is 1. The fourth-order valence-corrected chi connectivity index (χ4v) is 4.08. The third-order valence-electron chi connectivity index (χ3n) is 6.21. The molecule has 1 aliphatic rings. The van der Waals surface area contributed by atoms with E-state index in [9.17, 15) is 14.4 Å². The standard InChI is InChI=1S/C26H38N2O4/c1-4-5-6-19-28(24(30)15-16-25(31)32-3)20-22-13-11-21(12-14-22)9-7-10-23(29)26(2)17-8-18-27-26/h4,11-14,27H,1,5-10,15-20H2,2-3H3/t26-/m0/s1. The summed E-state index contributed by atoms with van der Waals surface area (Å²) in [7, 11) is 1.33. The molecule has 1 aliphatic heterocycles. The molecule has 2 rings (SSSR count). The first-order valence-corrected chi connectivity index (χ1v) is 11.7. The molecule has 1 aromatic rings. The van der Waals surface area contributed by atoms with Gasteiger partial charge in [-0.25, -0.2) is 0 Å². The van der Waals surface area contributed by atoms with Gasteiger partial charge in [0.05, 0.1) is 19.1 Å². The van der Waals surface area contributed by atoms with Gasteiger partial charge in [0.15, 0.2) is 5.78 Å². The summed E-state index contributed by atoms with van der Waals surface area (Å²) in [4.78, 5) is 38.3. The second-order valence-corrected chi connectivity index (χ2v) is 8.78. The molecule has 6 heteroatoms. The number of hydrogen-bond acceptors (Lipinski definition) is 5. The lowest BCUT2D eigenvalue weighted by Gasteiger charge is -2.23. The van der Waals surface area contributed by atoms with Crippen LogP contribution in [0.15, 0.2) is 36.9 Å². The highest BCUT2D eigenvalue weighted by Gasteiger charge is 2.34. The Morgan fingerprint density at radius 2 is 1.84 bits per heavy atom. The van der Waals surface area contributed by atoms with E-state index < -0.39 is 0 Å². The Morgan fingerprint density at radius 3 is 2.47 bits per heavy atom. The van der Waals surface area contributed by atoms with Crippen molar-refractivity contribution in [2.45, 2.75) is 76.8 Å². The average molecular weight is 443 g/mol. The summed E-state index contributed by atoms with van der Waals surface area (Å²) in [5.74, 6) is -0.103. The summed E-state index contributed by atoms with van der Waals surface area (Å²) in [6.07, 6.45) is 8.08. The quantitative estimate of drug-likeness (QED) is 0.268. The predicted molar refractivity (Wildman–Crippen MR) is 126 cm³/mol. The van der Waals surface area contributed by atoms with Crippen LogP contribution in [0.4, 0.5) is 0 Å². The summed E-state index contributed by atoms with van der Waals surface area (Å²) >= 11 is 0. The first kappa shape index (κ1) is 25.8. The van der Waals surface area contributed by atoms with Gasteiger partial charge < -0.3 is 15.0 Å². The highest BCUT2D eigenvalue weighted by molar-refractivity contribution is 5.88. The third kappa shape index (κ3) is 8.23. The number of ether oxygens (including phenoxy) is 1. The van der Waals surface area contributed by atoms with Gasteiger partial charge in [-0.1, -0.05) is 30.3 Å². The topological polar surface area (TPSA) is 75.7 Å². The van der Waals surface area contributed by atoms with Gasteiger partial charge in [0, 0.05) is 25.9 Å². The summed E-state index contributed by atoms with van der Waals surface area (Å²) in [5.41, 5.74) is 1.91. The SMILES string of the molecule is C=CCCCN(Cc1ccc(CCCC(=O)[C@]2(C)CCCN2)cc1)C(=O)CCC(=O)OC. The maximum atomic E-state index is 12.6. The molecule has 1 N–H and O–H groups in total. The van der Waals surface area contributed by atoms with Gasteiger partial charge in [0.25, 0.3) is 0 Å². The zero-order valence-corrected chi connectivity index (χ0v) is 19.7. The molecule has 0 radical (unpaired) electrons. The van der Waals surface area contributed by atoms with E-state index in [2.05, 4.69) is 28.8 Å². The minimum Gasteiger partial charge on any atom is -0.469 e. The molecule has 6 nitrogen and oxygen atoms in total. The van der Waals surface area contributed by atoms with Crippen molar-refractivity contribution in [3.8, 4) is 0 Å². The Hall–Kier alpha value is -2.47. The first-order chi connectivity index (χ1) is 15.4. The molecular formula is C26H38N2O4. The van der Waals surface area contributed by atoms with Crippen molar-refractivity contribution >= 4 is 17.7 Å². The number of esters is 1. The van der Waals surface area contributed by atoms with Crippen molar-refractivity contribution in [2.24, 2.45) is 0 Å². The Bertz CT molecular complexity index is 767. The minimum atomic E-state index is -0.370. The van der Waals surface area contributed by atoms with E-state index in [-0.39, 0.29) is 30.3 Å². The molecule has 1 aromatic carbocycles. The van der Waals surface area contributed by atoms with Crippen LogP contribution in [0.1, 0.15) is 69.4 Å². The molecule has 0 aliphatic carbocycles. The van der Waals surface area contributed by atoms with Gasteiger partial charge >= 0.3 is 5.97 Å². The molecule has 0 saturated carbocycles. The molecule has 0 aromatic heterocycles. The molecule has 1 heterocycles. The van der Waals surface area contributed by atoms with Crippen molar-refractivity contribution in [1.29, 1.82) is 0 Å². The van der Waals surface area contributed by atoms with Crippen molar-refractivity contribution < 1.29 is 19.1 Å². The largest absolute Gasteiger partial charge is 0.469 e. The number of amides is 1. The van der Waals surface area contributed by atoms with E-state index in [1.54, 1.807) is 4.90 Å². The van der Waals surface area contributed by atoms with Crippen LogP contribution >= 0.6 is 0 Å². The zero-order chi connectivity index (χ0) is 23.4. The van der Waals surface area contributed by atoms with Crippen molar-refractivity contribution in [2.75, 3.05) is 20.2 Å². The number of Topliss-reactive ketones (excluding diaryl/α,β-unsaturated/α-hetero) is 1. The molecule has 176 valence electrons. The van der Waals surface area contributed by atoms with E-state index in [0.717, 1.165) is 50.6 Å². The van der Waals surface area contributed by atoms with Crippen LogP contribution < -0.4 is 5.32 Å². The maximum absolute atomic E-state index is 12.6. The van der Waals surface area contributed by atoms with E-state index in [0.29, 0.717) is 25.3 Å². The van der Waals surface area contributed by atoms with Crippen molar-refractivity contribution in [3.63, 3.8) is 0 Å². The highest BCUT2D eigenvalue weighted by atomic mass is 16.5. The molecular weight excluding hydrogens is 404 g/mol. The van der Waals surface area contributed by atoms with Crippen LogP contribution in [-0.2, 0) is 32.1 Å². The van der Waals surface area contributed by atoms with Crippen LogP contribution in [0, 0.1) is 0 Å². The molecule has 0 spiro atoms. The van der Waals surface area contributed by atoms with Crippen molar-refractivity contribution in [3.05, 3.63) is 48.0 Å². The highest BCUT2D eigenvalue weighted by Crippen LogP contribution is 2.22. The fraction of sp³-hybridized carbons (Fsp3) is 0.577. The number of carbonyl (C=O) groups is 3. The third-order valence-corrected chi connectivity index (χ3v) is 6.21. The summed E-state index contributed by atoms with van der Waals surface area (Å²) in [5, 5.41) is 3.34. The number of hydrogen-bond donors (Lipinski definition) is 1. The van der Waals surface area contributed by atoms with E-state index in [4.69, 9.17) is 0 Å². The van der Waals surface area contributed by atoms with Crippen LogP contribution in [-0.4, -0.2) is 48.3 Å². The number of aryl methyl sites for hydroxylation is 1. The summed E-state index contributed by atoms with van der Waals surface area (Å²) in [6.45, 7) is 7.83. The second-order valence-electron chi connectivity index (χ2n) is 8.78. The van der Waals surface area contributed by atoms with Crippen LogP contribution in [0.25, 0.3) is 0 Å². The predicted octanol–water partition coefficient (Wildman–Crippen LogP) is 3.97. The van der Waals surface area contributed by atoms with Gasteiger partial charge in [-0.3, -0.25) is 14.4 Å². The maximum Gasteiger partial charge on any atom is 0.306 e. The van der Waals surface area contributed by atoms with Gasteiger partial charge in [0.2, 0.25) is 5.91 Å². The second kappa shape index (κ2) is 13.2. The first-order valence-electron chi connectivity index (χ1n) is 11.7. The molecule has 1 amide bonds. The Morgan fingerprint density at radius 1 is 1.12 bits per heavy atom. The van der Waals surface area contributed by atoms with Gasteiger partial charge in [0.1, 0.15) is 0 Å². The lowest BCUT2D eigenvalue weighted by atomic mass is 9.91. The normalized spacial score (nSPS) is 17.7. The number of rotatable bonds is 14. The summed E-state index contributed by atoms with van der Waals surface area (Å²) < 4.78 is 4.64. The van der Waals surface area contributed by atoms with Gasteiger partial charge in [-0.2, -0.15) is 0 Å². The van der Waals surface area contributed by atoms with E-state index >= 15 is 0 Å². The Balaban J connectivity index is 1.86. The number of methoxy groups -OCH3 is 1. The Kier molecular flexibility index (Phi) is 10.6. The van der Waals surface area contributed by atoms with Crippen molar-refractivity contribution in [1.82, 2.24) is 10.2 Å². The molecule has 32 heavy (non-hydrogen) atoms. The van der Waals surface area contributed by atoms with E-state index in [1.165, 1.54) is 12.7 Å². The molecule has 1 fully saturated rings. The number of benzene rings is 1. The molecule has 0 bridgehead atoms. The monoisotopic (exact) mass is 442 g/mol. The van der Waals surface area contributed by atoms with Crippen LogP contribution in [0.5, 0.6) is 0 Å². The average Bonchev–Trinajstić information content (AvgIpc) is 3.25. The zero-order valence-electron chi connectivity index (χ0n) is 19.7. The lowest BCUT2D eigenvalue weighted by molar-refractivity contribution is -0.143. The van der Waals surface area contributed by atoms with Crippen LogP contribution in [0.3, 0.4) is 0 Å². The fourth-order valence-electron chi connectivity index (χ4n) is 4.08. The number of ketones is 1. The molecule has 1 saturated heterocycles. The molecule has 0 unspecified atom stereocenters. The van der Waals surface area contributed by atoms with Gasteiger partial charge in [-0.05, 0) is 63.1 Å². The van der Waals surface area contributed by atoms with Gasteiger partial charge in [-0.15, -0.1) is 6.58 Å². The summed E-state index contributed by atoms with van der Waals surface area (Å²) in [6, 6.07) is 8.25. The number of allylic oxidation sites excluding steroid dienone is 1. The van der Waals surface area contributed by atoms with E-state index in [1.807, 2.05) is 25.1 Å². The number of unbranched alkanes of at least 4 members (excludes halogenated alkanes) is 1. The number of nitrogens with one attached hydrogen (secondary N) is 1. The molecule has 1 atom stereocenters. The Labute approximate surface area is 192 Å². The minimum absolute atomic E-state index is 0.0453. The smallest absolute Gasteiger partial charge is 0.306 e. The van der Waals surface area contributed by atoms with Crippen LogP contribution in [0.2, 0.25) is 0 Å². The number of carbonyl (C=O) groups excluding carboxylic acids is 3.